The van der Waals surface area contributed by atoms with Crippen molar-refractivity contribution in [3.05, 3.63) is 28.0 Å². The monoisotopic (exact) mass is 332 g/mol. The number of rotatable bonds is 7. The predicted molar refractivity (Wildman–Crippen MR) is 80.8 cm³/mol. The second kappa shape index (κ2) is 7.34. The third kappa shape index (κ3) is 5.66. The van der Waals surface area contributed by atoms with Crippen LogP contribution < -0.4 is 5.32 Å². The summed E-state index contributed by atoms with van der Waals surface area (Å²) in [6.45, 7) is 0.0115. The zero-order valence-corrected chi connectivity index (χ0v) is 13.2. The van der Waals surface area contributed by atoms with Crippen molar-refractivity contribution < 1.29 is 23.1 Å². The van der Waals surface area contributed by atoms with E-state index in [-0.39, 0.29) is 18.2 Å². The molecule has 1 rings (SSSR count). The molecule has 0 saturated heterocycles. The van der Waals surface area contributed by atoms with Gasteiger partial charge in [-0.15, -0.1) is 11.3 Å². The van der Waals surface area contributed by atoms with Crippen molar-refractivity contribution in [1.29, 1.82) is 0 Å². The highest BCUT2D eigenvalue weighted by Gasteiger charge is 2.14. The van der Waals surface area contributed by atoms with Crippen LogP contribution in [0.25, 0.3) is 6.08 Å². The Hall–Kier alpha value is -1.71. The van der Waals surface area contributed by atoms with E-state index in [1.165, 1.54) is 20.2 Å². The molecule has 0 bridgehead atoms. The minimum atomic E-state index is -3.34. The molecule has 9 heteroatoms. The first-order valence-corrected chi connectivity index (χ1v) is 8.34. The Morgan fingerprint density at radius 2 is 2.05 bits per heavy atom. The van der Waals surface area contributed by atoms with Crippen molar-refractivity contribution in [2.24, 2.45) is 0 Å². The largest absolute Gasteiger partial charge is 0.478 e. The summed E-state index contributed by atoms with van der Waals surface area (Å²) < 4.78 is 24.1. The number of carboxylic acids is 1. The van der Waals surface area contributed by atoms with Crippen LogP contribution in [-0.2, 0) is 14.8 Å². The Bertz CT molecular complexity index is 646. The molecule has 0 saturated carbocycles. The summed E-state index contributed by atoms with van der Waals surface area (Å²) in [7, 11) is -0.487. The first kappa shape index (κ1) is 17.3. The Morgan fingerprint density at radius 1 is 1.38 bits per heavy atom. The van der Waals surface area contributed by atoms with Gasteiger partial charge < -0.3 is 10.4 Å². The van der Waals surface area contributed by atoms with Crippen LogP contribution in [0.5, 0.6) is 0 Å². The van der Waals surface area contributed by atoms with Gasteiger partial charge in [0.25, 0.3) is 5.91 Å². The number of hydrogen-bond donors (Lipinski definition) is 2. The van der Waals surface area contributed by atoms with E-state index in [1.807, 2.05) is 0 Å². The first-order chi connectivity index (χ1) is 9.72. The molecule has 1 aromatic rings. The van der Waals surface area contributed by atoms with Crippen molar-refractivity contribution in [2.75, 3.05) is 26.4 Å². The minimum Gasteiger partial charge on any atom is -0.478 e. The van der Waals surface area contributed by atoms with Crippen LogP contribution in [0, 0.1) is 0 Å². The van der Waals surface area contributed by atoms with Crippen molar-refractivity contribution in [2.45, 2.75) is 0 Å². The number of amides is 1. The molecule has 0 fully saturated rings. The Morgan fingerprint density at radius 3 is 2.62 bits per heavy atom. The van der Waals surface area contributed by atoms with E-state index >= 15 is 0 Å². The highest BCUT2D eigenvalue weighted by molar-refractivity contribution is 7.89. The lowest BCUT2D eigenvalue weighted by Gasteiger charge is -2.11. The lowest BCUT2D eigenvalue weighted by atomic mass is 10.4. The number of carbonyl (C=O) groups excluding carboxylic acids is 1. The maximum absolute atomic E-state index is 11.8. The van der Waals surface area contributed by atoms with Gasteiger partial charge in [0.05, 0.1) is 10.6 Å². The number of sulfonamides is 1. The van der Waals surface area contributed by atoms with Crippen LogP contribution in [-0.4, -0.2) is 56.1 Å². The molecule has 0 aromatic carbocycles. The van der Waals surface area contributed by atoms with Crippen LogP contribution in [0.15, 0.2) is 18.2 Å². The normalized spacial score (nSPS) is 12.0. The van der Waals surface area contributed by atoms with Gasteiger partial charge >= 0.3 is 5.97 Å². The minimum absolute atomic E-state index is 0.0115. The molecular weight excluding hydrogens is 316 g/mol. The SMILES string of the molecule is CN(C)S(=O)(=O)CCNC(=O)c1ccc(/C=C/C(=O)O)s1. The molecule has 0 aliphatic heterocycles. The summed E-state index contributed by atoms with van der Waals surface area (Å²) in [6, 6.07) is 3.18. The Labute approximate surface area is 126 Å². The molecule has 1 heterocycles. The van der Waals surface area contributed by atoms with Crippen molar-refractivity contribution in [3.8, 4) is 0 Å². The van der Waals surface area contributed by atoms with Gasteiger partial charge in [0.2, 0.25) is 10.0 Å². The molecular formula is C12H16N2O5S2. The topological polar surface area (TPSA) is 104 Å². The molecule has 21 heavy (non-hydrogen) atoms. The highest BCUT2D eigenvalue weighted by atomic mass is 32.2. The first-order valence-electron chi connectivity index (χ1n) is 5.91. The number of hydrogen-bond acceptors (Lipinski definition) is 5. The van der Waals surface area contributed by atoms with Crippen molar-refractivity contribution in [1.82, 2.24) is 9.62 Å². The van der Waals surface area contributed by atoms with Crippen LogP contribution in [0.3, 0.4) is 0 Å². The smallest absolute Gasteiger partial charge is 0.328 e. The van der Waals surface area contributed by atoms with E-state index in [0.717, 1.165) is 21.7 Å². The van der Waals surface area contributed by atoms with E-state index in [9.17, 15) is 18.0 Å². The van der Waals surface area contributed by atoms with Gasteiger partial charge in [-0.05, 0) is 18.2 Å². The van der Waals surface area contributed by atoms with Gasteiger partial charge in [-0.3, -0.25) is 4.79 Å². The molecule has 0 aliphatic carbocycles. The maximum atomic E-state index is 11.8. The standard InChI is InChI=1S/C12H16N2O5S2/c1-14(2)21(18,19)8-7-13-12(17)10-5-3-9(20-10)4-6-11(15)16/h3-6H,7-8H2,1-2H3,(H,13,17)(H,15,16)/b6-4+. The number of carboxylic acid groups (broad SMARTS) is 1. The lowest BCUT2D eigenvalue weighted by Crippen LogP contribution is -2.33. The van der Waals surface area contributed by atoms with E-state index in [4.69, 9.17) is 5.11 Å². The van der Waals surface area contributed by atoms with Gasteiger partial charge in [-0.25, -0.2) is 17.5 Å². The molecule has 0 atom stereocenters. The fraction of sp³-hybridized carbons (Fsp3) is 0.333. The third-order valence-corrected chi connectivity index (χ3v) is 5.32. The quantitative estimate of drug-likeness (QED) is 0.706. The van der Waals surface area contributed by atoms with E-state index in [1.54, 1.807) is 12.1 Å². The molecule has 116 valence electrons. The van der Waals surface area contributed by atoms with E-state index in [2.05, 4.69) is 5.32 Å². The molecule has 7 nitrogen and oxygen atoms in total. The summed E-state index contributed by atoms with van der Waals surface area (Å²) in [6.07, 6.45) is 2.37. The average molecular weight is 332 g/mol. The second-order valence-corrected chi connectivity index (χ2v) is 7.65. The van der Waals surface area contributed by atoms with Crippen molar-refractivity contribution in [3.63, 3.8) is 0 Å². The molecule has 1 aromatic heterocycles. The summed E-state index contributed by atoms with van der Waals surface area (Å²) in [5.74, 6) is -1.63. The Kier molecular flexibility index (Phi) is 6.06. The third-order valence-electron chi connectivity index (χ3n) is 2.44. The predicted octanol–water partition coefficient (Wildman–Crippen LogP) is 0.467. The van der Waals surface area contributed by atoms with Gasteiger partial charge in [0.15, 0.2) is 0 Å². The Balaban J connectivity index is 2.55. The molecule has 0 spiro atoms. The zero-order valence-electron chi connectivity index (χ0n) is 11.6. The summed E-state index contributed by atoms with van der Waals surface area (Å²) >= 11 is 1.13. The van der Waals surface area contributed by atoms with Crippen molar-refractivity contribution >= 4 is 39.3 Å². The summed E-state index contributed by atoms with van der Waals surface area (Å²) in [5, 5.41) is 11.0. The highest BCUT2D eigenvalue weighted by Crippen LogP contribution is 2.17. The number of carbonyl (C=O) groups is 2. The summed E-state index contributed by atoms with van der Waals surface area (Å²) in [5.41, 5.74) is 0. The maximum Gasteiger partial charge on any atom is 0.328 e. The molecule has 2 N–H and O–H groups in total. The van der Waals surface area contributed by atoms with Crippen LogP contribution in [0.4, 0.5) is 0 Å². The fourth-order valence-corrected chi connectivity index (χ4v) is 2.83. The van der Waals surface area contributed by atoms with Crippen LogP contribution >= 0.6 is 11.3 Å². The second-order valence-electron chi connectivity index (χ2n) is 4.23. The number of nitrogens with one attached hydrogen (secondary N) is 1. The number of nitrogens with zero attached hydrogens (tertiary/aromatic N) is 1. The van der Waals surface area contributed by atoms with E-state index < -0.39 is 16.0 Å². The molecule has 0 aliphatic rings. The van der Waals surface area contributed by atoms with Gasteiger partial charge in [0.1, 0.15) is 0 Å². The van der Waals surface area contributed by atoms with Gasteiger partial charge in [0, 0.05) is 31.6 Å². The average Bonchev–Trinajstić information content (AvgIpc) is 2.84. The number of thiophene rings is 1. The van der Waals surface area contributed by atoms with Gasteiger partial charge in [-0.2, -0.15) is 0 Å². The molecule has 1 amide bonds. The molecule has 0 unspecified atom stereocenters. The zero-order chi connectivity index (χ0) is 16.0. The van der Waals surface area contributed by atoms with Gasteiger partial charge in [-0.1, -0.05) is 0 Å². The molecule has 0 radical (unpaired) electrons. The summed E-state index contributed by atoms with van der Waals surface area (Å²) in [4.78, 5) is 23.2. The fourth-order valence-electron chi connectivity index (χ4n) is 1.28. The lowest BCUT2D eigenvalue weighted by molar-refractivity contribution is -0.131. The van der Waals surface area contributed by atoms with E-state index in [0.29, 0.717) is 9.75 Å². The van der Waals surface area contributed by atoms with Crippen LogP contribution in [0.2, 0.25) is 0 Å². The van der Waals surface area contributed by atoms with Crippen LogP contribution in [0.1, 0.15) is 14.5 Å². The number of aliphatic carboxylic acids is 1.